The van der Waals surface area contributed by atoms with E-state index in [1.807, 2.05) is 35.2 Å². The van der Waals surface area contributed by atoms with Gasteiger partial charge >= 0.3 is 0 Å². The van der Waals surface area contributed by atoms with Gasteiger partial charge in [0.2, 0.25) is 11.8 Å². The molecule has 138 valence electrons. The molecule has 1 aromatic carbocycles. The zero-order valence-corrected chi connectivity index (χ0v) is 15.7. The molecule has 3 heterocycles. The number of aromatic nitrogens is 2. The number of carbonyl (C=O) groups excluding carboxylic acids is 1. The smallest absolute Gasteiger partial charge is 0.253 e. The number of likely N-dealkylation sites (tertiary alicyclic amines) is 2. The molecule has 2 aliphatic heterocycles. The van der Waals surface area contributed by atoms with Gasteiger partial charge in [0.25, 0.3) is 5.91 Å². The molecule has 0 aliphatic carbocycles. The van der Waals surface area contributed by atoms with Crippen molar-refractivity contribution in [2.24, 2.45) is 11.3 Å². The predicted molar refractivity (Wildman–Crippen MR) is 97.6 cm³/mol. The Hall–Kier alpha value is -2.21. The molecule has 6 nitrogen and oxygen atoms in total. The van der Waals surface area contributed by atoms with E-state index in [0.29, 0.717) is 11.8 Å². The highest BCUT2D eigenvalue weighted by Crippen LogP contribution is 2.47. The van der Waals surface area contributed by atoms with Crippen LogP contribution in [0, 0.1) is 11.3 Å². The van der Waals surface area contributed by atoms with Gasteiger partial charge < -0.3 is 9.32 Å². The van der Waals surface area contributed by atoms with E-state index in [2.05, 4.69) is 36.0 Å². The van der Waals surface area contributed by atoms with Crippen LogP contribution in [0.4, 0.5) is 0 Å². The van der Waals surface area contributed by atoms with Gasteiger partial charge in [0.05, 0.1) is 6.04 Å². The lowest BCUT2D eigenvalue weighted by Crippen LogP contribution is -2.59. The van der Waals surface area contributed by atoms with E-state index >= 15 is 0 Å². The van der Waals surface area contributed by atoms with E-state index in [-0.39, 0.29) is 17.4 Å². The summed E-state index contributed by atoms with van der Waals surface area (Å²) < 4.78 is 5.91. The molecule has 26 heavy (non-hydrogen) atoms. The van der Waals surface area contributed by atoms with Crippen molar-refractivity contribution < 1.29 is 9.21 Å². The summed E-state index contributed by atoms with van der Waals surface area (Å²) >= 11 is 0. The van der Waals surface area contributed by atoms with Crippen molar-refractivity contribution in [3.63, 3.8) is 0 Å². The average molecular weight is 354 g/mol. The number of benzene rings is 1. The number of rotatable bonds is 4. The van der Waals surface area contributed by atoms with Crippen LogP contribution in [0.5, 0.6) is 0 Å². The van der Waals surface area contributed by atoms with Crippen molar-refractivity contribution in [3.8, 4) is 0 Å². The van der Waals surface area contributed by atoms with Crippen LogP contribution in [0.2, 0.25) is 0 Å². The van der Waals surface area contributed by atoms with Gasteiger partial charge in [-0.15, -0.1) is 10.2 Å². The Bertz CT molecular complexity index is 780. The Labute approximate surface area is 154 Å². The molecule has 0 radical (unpaired) electrons. The lowest BCUT2D eigenvalue weighted by molar-refractivity contribution is 0.0115. The van der Waals surface area contributed by atoms with Gasteiger partial charge in [-0.3, -0.25) is 9.69 Å². The molecule has 0 bridgehead atoms. The first-order valence-electron chi connectivity index (χ1n) is 9.33. The highest BCUT2D eigenvalue weighted by Gasteiger charge is 2.53. The fourth-order valence-electron chi connectivity index (χ4n) is 4.28. The van der Waals surface area contributed by atoms with Gasteiger partial charge in [-0.1, -0.05) is 32.0 Å². The van der Waals surface area contributed by atoms with Gasteiger partial charge in [0, 0.05) is 37.0 Å². The van der Waals surface area contributed by atoms with Crippen LogP contribution >= 0.6 is 0 Å². The minimum Gasteiger partial charge on any atom is -0.424 e. The van der Waals surface area contributed by atoms with E-state index in [0.717, 1.165) is 43.9 Å². The highest BCUT2D eigenvalue weighted by molar-refractivity contribution is 5.94. The first-order valence-corrected chi connectivity index (χ1v) is 9.33. The maximum absolute atomic E-state index is 12.6. The molecule has 1 spiro atoms. The zero-order chi connectivity index (χ0) is 18.3. The number of nitrogens with zero attached hydrogens (tertiary/aromatic N) is 4. The summed E-state index contributed by atoms with van der Waals surface area (Å²) in [5.41, 5.74) is 0.914. The Kier molecular flexibility index (Phi) is 4.31. The number of amides is 1. The summed E-state index contributed by atoms with van der Waals surface area (Å²) in [6, 6.07) is 9.66. The lowest BCUT2D eigenvalue weighted by Gasteiger charge is -2.48. The molecule has 1 atom stereocenters. The minimum atomic E-state index is 0.124. The molecular weight excluding hydrogens is 328 g/mol. The van der Waals surface area contributed by atoms with Crippen LogP contribution in [0.3, 0.4) is 0 Å². The maximum Gasteiger partial charge on any atom is 0.253 e. The summed E-state index contributed by atoms with van der Waals surface area (Å²) in [6.45, 7) is 6.85. The monoisotopic (exact) mass is 354 g/mol. The second-order valence-electron chi connectivity index (χ2n) is 8.29. The van der Waals surface area contributed by atoms with Crippen molar-refractivity contribution >= 4 is 5.91 Å². The van der Waals surface area contributed by atoms with Crippen LogP contribution in [-0.2, 0) is 6.42 Å². The van der Waals surface area contributed by atoms with Crippen LogP contribution in [-0.4, -0.2) is 52.6 Å². The van der Waals surface area contributed by atoms with Crippen LogP contribution < -0.4 is 0 Å². The second-order valence-corrected chi connectivity index (χ2v) is 8.29. The highest BCUT2D eigenvalue weighted by atomic mass is 16.4. The van der Waals surface area contributed by atoms with Crippen molar-refractivity contribution in [3.05, 3.63) is 47.7 Å². The molecule has 1 aromatic heterocycles. The van der Waals surface area contributed by atoms with E-state index < -0.39 is 0 Å². The molecule has 2 saturated heterocycles. The second kappa shape index (κ2) is 6.50. The average Bonchev–Trinajstić information content (AvgIpc) is 3.17. The summed E-state index contributed by atoms with van der Waals surface area (Å²) in [4.78, 5) is 16.8. The Morgan fingerprint density at radius 3 is 2.65 bits per heavy atom. The Balaban J connectivity index is 1.40. The molecule has 0 N–H and O–H groups in total. The Morgan fingerprint density at radius 2 is 1.96 bits per heavy atom. The third kappa shape index (κ3) is 3.14. The predicted octanol–water partition coefficient (Wildman–Crippen LogP) is 2.79. The first-order chi connectivity index (χ1) is 12.5. The van der Waals surface area contributed by atoms with Gasteiger partial charge in [0.1, 0.15) is 0 Å². The van der Waals surface area contributed by atoms with Gasteiger partial charge in [-0.2, -0.15) is 0 Å². The van der Waals surface area contributed by atoms with Crippen LogP contribution in [0.15, 0.2) is 34.7 Å². The normalized spacial score (nSPS) is 22.2. The molecule has 0 saturated carbocycles. The van der Waals surface area contributed by atoms with Crippen molar-refractivity contribution in [1.82, 2.24) is 20.0 Å². The van der Waals surface area contributed by atoms with E-state index in [9.17, 15) is 4.79 Å². The molecular formula is C20H26N4O2. The van der Waals surface area contributed by atoms with Gasteiger partial charge in [0.15, 0.2) is 0 Å². The molecule has 2 aliphatic rings. The minimum absolute atomic E-state index is 0.124. The van der Waals surface area contributed by atoms with Crippen LogP contribution in [0.25, 0.3) is 0 Å². The quantitative estimate of drug-likeness (QED) is 0.845. The summed E-state index contributed by atoms with van der Waals surface area (Å²) in [7, 11) is 2.10. The van der Waals surface area contributed by atoms with Crippen molar-refractivity contribution in [2.75, 3.05) is 26.7 Å². The maximum atomic E-state index is 12.6. The Morgan fingerprint density at radius 1 is 1.23 bits per heavy atom. The summed E-state index contributed by atoms with van der Waals surface area (Å²) in [6.07, 6.45) is 1.78. The van der Waals surface area contributed by atoms with Crippen molar-refractivity contribution in [2.45, 2.75) is 32.7 Å². The third-order valence-corrected chi connectivity index (χ3v) is 5.45. The number of hydrogen-bond donors (Lipinski definition) is 0. The van der Waals surface area contributed by atoms with E-state index in [1.165, 1.54) is 0 Å². The van der Waals surface area contributed by atoms with Crippen LogP contribution in [0.1, 0.15) is 48.4 Å². The van der Waals surface area contributed by atoms with Gasteiger partial charge in [-0.25, -0.2) is 0 Å². The SMILES string of the molecule is CC(C)Cc1nnc(C2CC3(CN(C(=O)c4ccccc4)C3)CN2C)o1. The fraction of sp³-hybridized carbons (Fsp3) is 0.550. The fourth-order valence-corrected chi connectivity index (χ4v) is 4.28. The van der Waals surface area contributed by atoms with E-state index in [4.69, 9.17) is 4.42 Å². The van der Waals surface area contributed by atoms with Crippen molar-refractivity contribution in [1.29, 1.82) is 0 Å². The molecule has 1 amide bonds. The molecule has 2 aromatic rings. The zero-order valence-electron chi connectivity index (χ0n) is 15.7. The molecule has 1 unspecified atom stereocenters. The summed E-state index contributed by atoms with van der Waals surface area (Å²) in [5.74, 6) is 2.06. The number of hydrogen-bond acceptors (Lipinski definition) is 5. The molecule has 6 heteroatoms. The standard InChI is InChI=1S/C20H26N4O2/c1-14(2)9-17-21-22-18(26-17)16-10-20(11-23(16)3)12-24(13-20)19(25)15-7-5-4-6-8-15/h4-8,14,16H,9-13H2,1-3H3. The summed E-state index contributed by atoms with van der Waals surface area (Å²) in [5, 5.41) is 8.49. The molecule has 4 rings (SSSR count). The number of carbonyl (C=O) groups is 1. The topological polar surface area (TPSA) is 62.5 Å². The lowest BCUT2D eigenvalue weighted by atomic mass is 9.77. The van der Waals surface area contributed by atoms with E-state index in [1.54, 1.807) is 0 Å². The molecule has 2 fully saturated rings. The largest absolute Gasteiger partial charge is 0.424 e. The first kappa shape index (κ1) is 17.2. The van der Waals surface area contributed by atoms with Gasteiger partial charge in [-0.05, 0) is 31.5 Å². The third-order valence-electron chi connectivity index (χ3n) is 5.45.